The van der Waals surface area contributed by atoms with Crippen molar-refractivity contribution in [1.29, 1.82) is 0 Å². The van der Waals surface area contributed by atoms with Gasteiger partial charge in [-0.15, -0.1) is 0 Å². The van der Waals surface area contributed by atoms with Gasteiger partial charge in [0, 0.05) is 19.5 Å². The molecule has 2 aliphatic heterocycles. The molecular formula is C16H24FN3O3. The van der Waals surface area contributed by atoms with Crippen LogP contribution in [0.15, 0.2) is 12.4 Å². The molecule has 0 saturated carbocycles. The maximum atomic E-state index is 13.1. The summed E-state index contributed by atoms with van der Waals surface area (Å²) in [6, 6.07) is 0.0626. The first-order chi connectivity index (χ1) is 10.8. The molecule has 0 bridgehead atoms. The van der Waals surface area contributed by atoms with E-state index in [1.54, 1.807) is 9.58 Å². The highest BCUT2D eigenvalue weighted by Gasteiger charge is 2.44. The second-order valence-electron chi connectivity index (χ2n) is 7.46. The van der Waals surface area contributed by atoms with Crippen LogP contribution >= 0.6 is 0 Å². The number of piperidine rings is 1. The number of carbonyl (C=O) groups is 1. The molecule has 2 saturated heterocycles. The van der Waals surface area contributed by atoms with E-state index in [1.807, 2.05) is 20.8 Å². The van der Waals surface area contributed by atoms with Crippen LogP contribution in [0, 0.1) is 5.82 Å². The Morgan fingerprint density at radius 2 is 2.13 bits per heavy atom. The molecule has 23 heavy (non-hydrogen) atoms. The first-order valence-corrected chi connectivity index (χ1v) is 8.08. The normalized spacial score (nSPS) is 24.2. The summed E-state index contributed by atoms with van der Waals surface area (Å²) in [6.07, 6.45) is 4.70. The highest BCUT2D eigenvalue weighted by atomic mass is 19.1. The number of rotatable bonds is 1. The van der Waals surface area contributed by atoms with Gasteiger partial charge in [-0.1, -0.05) is 0 Å². The molecule has 1 unspecified atom stereocenters. The van der Waals surface area contributed by atoms with Crippen LogP contribution in [0.3, 0.4) is 0 Å². The Hall–Kier alpha value is -1.63. The van der Waals surface area contributed by atoms with Gasteiger partial charge in [0.05, 0.1) is 30.6 Å². The van der Waals surface area contributed by atoms with Crippen LogP contribution < -0.4 is 0 Å². The fourth-order valence-electron chi connectivity index (χ4n) is 3.28. The highest BCUT2D eigenvalue weighted by Crippen LogP contribution is 2.40. The number of hydrogen-bond acceptors (Lipinski definition) is 4. The Kier molecular flexibility index (Phi) is 4.08. The Balaban J connectivity index is 1.56. The van der Waals surface area contributed by atoms with Crippen molar-refractivity contribution in [2.24, 2.45) is 0 Å². The number of aromatic nitrogens is 2. The fourth-order valence-corrected chi connectivity index (χ4v) is 3.28. The lowest BCUT2D eigenvalue weighted by Crippen LogP contribution is -2.47. The summed E-state index contributed by atoms with van der Waals surface area (Å²) in [6.45, 7) is 7.37. The molecule has 3 heterocycles. The van der Waals surface area contributed by atoms with Gasteiger partial charge < -0.3 is 14.4 Å². The highest BCUT2D eigenvalue weighted by molar-refractivity contribution is 5.68. The zero-order valence-electron chi connectivity index (χ0n) is 13.9. The lowest BCUT2D eigenvalue weighted by molar-refractivity contribution is -0.0486. The third-order valence-corrected chi connectivity index (χ3v) is 4.46. The minimum absolute atomic E-state index is 0.0626. The maximum Gasteiger partial charge on any atom is 0.410 e. The zero-order valence-corrected chi connectivity index (χ0v) is 13.9. The molecule has 128 valence electrons. The van der Waals surface area contributed by atoms with Crippen molar-refractivity contribution in [3.05, 3.63) is 18.2 Å². The molecular weight excluding hydrogens is 301 g/mol. The molecule has 7 heteroatoms. The van der Waals surface area contributed by atoms with Gasteiger partial charge in [-0.25, -0.2) is 9.18 Å². The average Bonchev–Trinajstić information content (AvgIpc) is 3.05. The van der Waals surface area contributed by atoms with Crippen molar-refractivity contribution in [1.82, 2.24) is 14.7 Å². The summed E-state index contributed by atoms with van der Waals surface area (Å²) in [5.74, 6) is -0.328. The van der Waals surface area contributed by atoms with E-state index >= 15 is 0 Å². The van der Waals surface area contributed by atoms with Gasteiger partial charge >= 0.3 is 6.09 Å². The van der Waals surface area contributed by atoms with Crippen molar-refractivity contribution in [2.45, 2.75) is 57.3 Å². The lowest BCUT2D eigenvalue weighted by Gasteiger charge is -2.39. The van der Waals surface area contributed by atoms with Gasteiger partial charge in [0.15, 0.2) is 5.82 Å². The van der Waals surface area contributed by atoms with Crippen molar-refractivity contribution in [3.63, 3.8) is 0 Å². The van der Waals surface area contributed by atoms with Crippen molar-refractivity contribution in [2.75, 3.05) is 19.7 Å². The topological polar surface area (TPSA) is 56.6 Å². The first-order valence-electron chi connectivity index (χ1n) is 8.08. The monoisotopic (exact) mass is 325 g/mol. The van der Waals surface area contributed by atoms with Gasteiger partial charge in [0.2, 0.25) is 0 Å². The van der Waals surface area contributed by atoms with E-state index in [9.17, 15) is 9.18 Å². The van der Waals surface area contributed by atoms with E-state index in [0.717, 1.165) is 19.3 Å². The molecule has 2 aliphatic rings. The molecule has 0 aromatic carbocycles. The van der Waals surface area contributed by atoms with E-state index in [4.69, 9.17) is 9.47 Å². The minimum atomic E-state index is -0.481. The first kappa shape index (κ1) is 16.2. The minimum Gasteiger partial charge on any atom is -0.444 e. The molecule has 6 nitrogen and oxygen atoms in total. The number of ether oxygens (including phenoxy) is 2. The van der Waals surface area contributed by atoms with Crippen LogP contribution in [-0.4, -0.2) is 51.7 Å². The largest absolute Gasteiger partial charge is 0.444 e. The average molecular weight is 325 g/mol. The SMILES string of the molecule is CC(C)(C)OC(=O)N1CCC2(CC1)CC(n1cc(F)cn1)CO2. The molecule has 1 atom stereocenters. The molecule has 3 rings (SSSR count). The van der Waals surface area contributed by atoms with Gasteiger partial charge in [0.1, 0.15) is 5.60 Å². The predicted octanol–water partition coefficient (Wildman–Crippen LogP) is 2.75. The van der Waals surface area contributed by atoms with E-state index in [2.05, 4.69) is 5.10 Å². The van der Waals surface area contributed by atoms with Crippen LogP contribution in [-0.2, 0) is 9.47 Å². The molecule has 0 N–H and O–H groups in total. The molecule has 0 aliphatic carbocycles. The van der Waals surface area contributed by atoms with Crippen molar-refractivity contribution < 1.29 is 18.7 Å². The third-order valence-electron chi connectivity index (χ3n) is 4.46. The molecule has 1 aromatic rings. The Bertz CT molecular complexity index is 573. The summed E-state index contributed by atoms with van der Waals surface area (Å²) in [4.78, 5) is 13.8. The number of amides is 1. The molecule has 1 amide bonds. The van der Waals surface area contributed by atoms with Crippen LogP contribution in [0.5, 0.6) is 0 Å². The summed E-state index contributed by atoms with van der Waals surface area (Å²) >= 11 is 0. The second-order valence-corrected chi connectivity index (χ2v) is 7.46. The van der Waals surface area contributed by atoms with E-state index in [1.165, 1.54) is 12.4 Å². The van der Waals surface area contributed by atoms with Crippen LogP contribution in [0.4, 0.5) is 9.18 Å². The number of nitrogens with zero attached hydrogens (tertiary/aromatic N) is 3. The quantitative estimate of drug-likeness (QED) is 0.797. The fraction of sp³-hybridized carbons (Fsp3) is 0.750. The molecule has 2 fully saturated rings. The van der Waals surface area contributed by atoms with Gasteiger partial charge in [-0.3, -0.25) is 4.68 Å². The summed E-state index contributed by atoms with van der Waals surface area (Å²) in [7, 11) is 0. The zero-order chi connectivity index (χ0) is 16.7. The Morgan fingerprint density at radius 1 is 1.43 bits per heavy atom. The Labute approximate surface area is 135 Å². The second kappa shape index (κ2) is 5.78. The standard InChI is InChI=1S/C16H24FN3O3/c1-15(2,3)23-14(21)19-6-4-16(5-7-19)8-13(11-22-16)20-10-12(17)9-18-20/h9-10,13H,4-8,11H2,1-3H3. The Morgan fingerprint density at radius 3 is 2.70 bits per heavy atom. The molecule has 1 spiro atoms. The van der Waals surface area contributed by atoms with E-state index < -0.39 is 5.60 Å². The van der Waals surface area contributed by atoms with Crippen LogP contribution in [0.1, 0.15) is 46.1 Å². The molecule has 1 aromatic heterocycles. The number of hydrogen-bond donors (Lipinski definition) is 0. The van der Waals surface area contributed by atoms with Crippen molar-refractivity contribution >= 4 is 6.09 Å². The van der Waals surface area contributed by atoms with Crippen molar-refractivity contribution in [3.8, 4) is 0 Å². The van der Waals surface area contributed by atoms with Gasteiger partial charge in [-0.2, -0.15) is 5.10 Å². The van der Waals surface area contributed by atoms with Gasteiger partial charge in [-0.05, 0) is 33.6 Å². The third kappa shape index (κ3) is 3.65. The molecule has 0 radical (unpaired) electrons. The van der Waals surface area contributed by atoms with Crippen LogP contribution in [0.25, 0.3) is 0 Å². The van der Waals surface area contributed by atoms with E-state index in [0.29, 0.717) is 19.7 Å². The van der Waals surface area contributed by atoms with Crippen LogP contribution in [0.2, 0.25) is 0 Å². The smallest absolute Gasteiger partial charge is 0.410 e. The van der Waals surface area contributed by atoms with E-state index in [-0.39, 0.29) is 23.6 Å². The maximum absolute atomic E-state index is 13.1. The number of carbonyl (C=O) groups excluding carboxylic acids is 1. The van der Waals surface area contributed by atoms with Gasteiger partial charge in [0.25, 0.3) is 0 Å². The predicted molar refractivity (Wildman–Crippen MR) is 81.6 cm³/mol. The lowest BCUT2D eigenvalue weighted by atomic mass is 9.87. The summed E-state index contributed by atoms with van der Waals surface area (Å²) in [5, 5.41) is 4.04. The summed E-state index contributed by atoms with van der Waals surface area (Å²) in [5.41, 5.74) is -0.711. The summed E-state index contributed by atoms with van der Waals surface area (Å²) < 4.78 is 26.2. The number of halogens is 1. The number of likely N-dealkylation sites (tertiary alicyclic amines) is 1.